The Hall–Kier alpha value is -1.88. The maximum atomic E-state index is 13.5. The van der Waals surface area contributed by atoms with Gasteiger partial charge in [-0.25, -0.2) is 4.39 Å². The molecule has 0 fully saturated rings. The first-order chi connectivity index (χ1) is 9.59. The van der Waals surface area contributed by atoms with Crippen molar-refractivity contribution >= 4 is 21.8 Å². The quantitative estimate of drug-likeness (QED) is 0.840. The number of alkyl halides is 1. The van der Waals surface area contributed by atoms with Gasteiger partial charge in [-0.05, 0) is 17.7 Å². The molecule has 2 N–H and O–H groups in total. The molecule has 1 amide bonds. The second-order valence-electron chi connectivity index (χ2n) is 4.22. The molecule has 0 saturated carbocycles. The summed E-state index contributed by atoms with van der Waals surface area (Å²) in [6.45, 7) is 0.288. The molecule has 0 aromatic heterocycles. The van der Waals surface area contributed by atoms with E-state index in [2.05, 4.69) is 21.2 Å². The van der Waals surface area contributed by atoms with Gasteiger partial charge in [0.05, 0.1) is 4.83 Å². The molecule has 0 aliphatic heterocycles. The summed E-state index contributed by atoms with van der Waals surface area (Å²) in [5.41, 5.74) is 0.672. The Bertz CT molecular complexity index is 584. The number of hydrogen-bond donors (Lipinski definition) is 2. The SMILES string of the molecule is O=C(NCC(Br)c1ccccc1)c1c(O)cccc1F. The van der Waals surface area contributed by atoms with Crippen LogP contribution in [0.1, 0.15) is 20.7 Å². The van der Waals surface area contributed by atoms with Gasteiger partial charge in [-0.2, -0.15) is 0 Å². The highest BCUT2D eigenvalue weighted by atomic mass is 79.9. The van der Waals surface area contributed by atoms with E-state index in [1.165, 1.54) is 12.1 Å². The molecule has 0 aliphatic rings. The normalized spacial score (nSPS) is 11.9. The summed E-state index contributed by atoms with van der Waals surface area (Å²) in [6, 6.07) is 13.3. The van der Waals surface area contributed by atoms with Gasteiger partial charge in [-0.3, -0.25) is 4.79 Å². The zero-order valence-electron chi connectivity index (χ0n) is 10.5. The third-order valence-corrected chi connectivity index (χ3v) is 3.67. The fourth-order valence-electron chi connectivity index (χ4n) is 1.79. The highest BCUT2D eigenvalue weighted by Gasteiger charge is 2.17. The average Bonchev–Trinajstić information content (AvgIpc) is 2.45. The van der Waals surface area contributed by atoms with E-state index in [0.29, 0.717) is 0 Å². The lowest BCUT2D eigenvalue weighted by Crippen LogP contribution is -2.27. The molecule has 104 valence electrons. The van der Waals surface area contributed by atoms with Crippen LogP contribution in [0, 0.1) is 5.82 Å². The van der Waals surface area contributed by atoms with Crippen molar-refractivity contribution in [3.63, 3.8) is 0 Å². The van der Waals surface area contributed by atoms with Crippen LogP contribution < -0.4 is 5.32 Å². The van der Waals surface area contributed by atoms with Crippen LogP contribution in [0.4, 0.5) is 4.39 Å². The summed E-state index contributed by atoms with van der Waals surface area (Å²) in [5, 5.41) is 12.1. The van der Waals surface area contributed by atoms with E-state index in [0.717, 1.165) is 11.6 Å². The van der Waals surface area contributed by atoms with E-state index >= 15 is 0 Å². The van der Waals surface area contributed by atoms with Crippen molar-refractivity contribution in [3.05, 3.63) is 65.5 Å². The number of carbonyl (C=O) groups excluding carboxylic acids is 1. The molecule has 3 nitrogen and oxygen atoms in total. The molecule has 0 heterocycles. The Morgan fingerprint density at radius 1 is 1.20 bits per heavy atom. The van der Waals surface area contributed by atoms with Gasteiger partial charge in [0.1, 0.15) is 17.1 Å². The molecule has 0 bridgehead atoms. The number of phenols is 1. The number of carbonyl (C=O) groups is 1. The maximum absolute atomic E-state index is 13.5. The smallest absolute Gasteiger partial charge is 0.258 e. The fraction of sp³-hybridized carbons (Fsp3) is 0.133. The Balaban J connectivity index is 2.03. The Morgan fingerprint density at radius 3 is 2.55 bits per heavy atom. The summed E-state index contributed by atoms with van der Waals surface area (Å²) in [5.74, 6) is -1.75. The Labute approximate surface area is 124 Å². The van der Waals surface area contributed by atoms with Crippen molar-refractivity contribution in [1.29, 1.82) is 0 Å². The summed E-state index contributed by atoms with van der Waals surface area (Å²) in [7, 11) is 0. The van der Waals surface area contributed by atoms with Crippen molar-refractivity contribution in [2.45, 2.75) is 4.83 Å². The van der Waals surface area contributed by atoms with E-state index < -0.39 is 11.7 Å². The topological polar surface area (TPSA) is 49.3 Å². The van der Waals surface area contributed by atoms with Gasteiger partial charge in [0.2, 0.25) is 0 Å². The minimum Gasteiger partial charge on any atom is -0.507 e. The molecule has 1 atom stereocenters. The predicted molar refractivity (Wildman–Crippen MR) is 78.5 cm³/mol. The Kier molecular flexibility index (Phi) is 4.74. The minimum atomic E-state index is -0.742. The van der Waals surface area contributed by atoms with Crippen molar-refractivity contribution in [2.24, 2.45) is 0 Å². The van der Waals surface area contributed by atoms with Crippen molar-refractivity contribution in [1.82, 2.24) is 5.32 Å². The molecular formula is C15H13BrFNO2. The largest absolute Gasteiger partial charge is 0.507 e. The number of rotatable bonds is 4. The van der Waals surface area contributed by atoms with Gasteiger partial charge in [0.15, 0.2) is 0 Å². The molecule has 2 aromatic carbocycles. The second kappa shape index (κ2) is 6.52. The fourth-order valence-corrected chi connectivity index (χ4v) is 2.26. The number of benzene rings is 2. The van der Waals surface area contributed by atoms with Gasteiger partial charge in [0, 0.05) is 6.54 Å². The molecule has 2 aromatic rings. The van der Waals surface area contributed by atoms with Crippen molar-refractivity contribution in [3.8, 4) is 5.75 Å². The van der Waals surface area contributed by atoms with Gasteiger partial charge in [-0.15, -0.1) is 0 Å². The molecule has 0 spiro atoms. The van der Waals surface area contributed by atoms with E-state index in [-0.39, 0.29) is 22.7 Å². The Morgan fingerprint density at radius 2 is 1.90 bits per heavy atom. The van der Waals surface area contributed by atoms with Crippen LogP contribution >= 0.6 is 15.9 Å². The van der Waals surface area contributed by atoms with Gasteiger partial charge >= 0.3 is 0 Å². The summed E-state index contributed by atoms with van der Waals surface area (Å²) in [6.07, 6.45) is 0. The molecule has 0 aliphatic carbocycles. The number of aromatic hydroxyl groups is 1. The van der Waals surface area contributed by atoms with Crippen LogP contribution in [0.5, 0.6) is 5.75 Å². The van der Waals surface area contributed by atoms with Crippen LogP contribution in [0.2, 0.25) is 0 Å². The lowest BCUT2D eigenvalue weighted by Gasteiger charge is -2.12. The number of amides is 1. The van der Waals surface area contributed by atoms with E-state index in [1.54, 1.807) is 0 Å². The molecule has 0 saturated heterocycles. The molecule has 1 unspecified atom stereocenters. The van der Waals surface area contributed by atoms with Gasteiger partial charge < -0.3 is 10.4 Å². The van der Waals surface area contributed by atoms with E-state index in [1.807, 2.05) is 30.3 Å². The standard InChI is InChI=1S/C15H13BrFNO2/c16-11(10-5-2-1-3-6-10)9-18-15(20)14-12(17)7-4-8-13(14)19/h1-8,11,19H,9H2,(H,18,20). The van der Waals surface area contributed by atoms with E-state index in [9.17, 15) is 14.3 Å². The summed E-state index contributed by atoms with van der Waals surface area (Å²) >= 11 is 3.45. The van der Waals surface area contributed by atoms with Crippen LogP contribution in [-0.2, 0) is 0 Å². The molecule has 5 heteroatoms. The van der Waals surface area contributed by atoms with Crippen LogP contribution in [0.3, 0.4) is 0 Å². The number of phenolic OH excluding ortho intramolecular Hbond substituents is 1. The number of nitrogens with one attached hydrogen (secondary N) is 1. The third kappa shape index (κ3) is 3.36. The lowest BCUT2D eigenvalue weighted by molar-refractivity contribution is 0.0947. The second-order valence-corrected chi connectivity index (χ2v) is 5.33. The predicted octanol–water partition coefficient (Wildman–Crippen LogP) is 3.40. The first-order valence-corrected chi connectivity index (χ1v) is 6.96. The van der Waals surface area contributed by atoms with Gasteiger partial charge in [-0.1, -0.05) is 52.3 Å². The highest BCUT2D eigenvalue weighted by molar-refractivity contribution is 9.09. The van der Waals surface area contributed by atoms with Crippen molar-refractivity contribution in [2.75, 3.05) is 6.54 Å². The number of halogens is 2. The maximum Gasteiger partial charge on any atom is 0.258 e. The highest BCUT2D eigenvalue weighted by Crippen LogP contribution is 2.23. The molecule has 2 rings (SSSR count). The minimum absolute atomic E-state index is 0.0819. The summed E-state index contributed by atoms with van der Waals surface area (Å²) < 4.78 is 13.5. The average molecular weight is 338 g/mol. The van der Waals surface area contributed by atoms with Crippen LogP contribution in [0.15, 0.2) is 48.5 Å². The zero-order valence-corrected chi connectivity index (χ0v) is 12.1. The number of hydrogen-bond acceptors (Lipinski definition) is 2. The van der Waals surface area contributed by atoms with Crippen molar-refractivity contribution < 1.29 is 14.3 Å². The van der Waals surface area contributed by atoms with Gasteiger partial charge in [0.25, 0.3) is 5.91 Å². The molecule has 20 heavy (non-hydrogen) atoms. The van der Waals surface area contributed by atoms with Crippen LogP contribution in [-0.4, -0.2) is 17.6 Å². The third-order valence-electron chi connectivity index (χ3n) is 2.82. The summed E-state index contributed by atoms with van der Waals surface area (Å²) in [4.78, 5) is 11.8. The molecular weight excluding hydrogens is 325 g/mol. The zero-order chi connectivity index (χ0) is 14.5. The monoisotopic (exact) mass is 337 g/mol. The lowest BCUT2D eigenvalue weighted by atomic mass is 10.1. The first kappa shape index (κ1) is 14.5. The van der Waals surface area contributed by atoms with Crippen LogP contribution in [0.25, 0.3) is 0 Å². The molecule has 0 radical (unpaired) electrons. The first-order valence-electron chi connectivity index (χ1n) is 6.04. The van der Waals surface area contributed by atoms with E-state index in [4.69, 9.17) is 0 Å².